The zero-order valence-corrected chi connectivity index (χ0v) is 5.68. The van der Waals surface area contributed by atoms with E-state index in [1.807, 2.05) is 0 Å². The van der Waals surface area contributed by atoms with E-state index in [1.165, 1.54) is 6.92 Å². The van der Waals surface area contributed by atoms with Crippen LogP contribution >= 0.6 is 0 Å². The van der Waals surface area contributed by atoms with Gasteiger partial charge in [0, 0.05) is 0 Å². The van der Waals surface area contributed by atoms with Crippen molar-refractivity contribution in [1.29, 1.82) is 0 Å². The van der Waals surface area contributed by atoms with E-state index in [0.717, 1.165) is 6.07 Å². The van der Waals surface area contributed by atoms with Crippen molar-refractivity contribution in [1.82, 2.24) is 10.2 Å². The Kier molecular flexibility index (Phi) is 1.80. The molecule has 0 aliphatic carbocycles. The molecule has 0 atom stereocenters. The normalized spacial score (nSPS) is 11.6. The number of aromatic nitrogens is 2. The monoisotopic (exact) mass is 162 g/mol. The molecule has 0 unspecified atom stereocenters. The number of halogens is 3. The summed E-state index contributed by atoms with van der Waals surface area (Å²) in [6.07, 6.45) is -3.62. The average molecular weight is 162 g/mol. The smallest absolute Gasteiger partial charge is 0.166 e. The number of nitrogens with zero attached hydrogens (tertiary/aromatic N) is 2. The zero-order valence-electron chi connectivity index (χ0n) is 5.68. The fourth-order valence-corrected chi connectivity index (χ4v) is 0.628. The highest BCUT2D eigenvalue weighted by Gasteiger charge is 2.30. The average Bonchev–Trinajstić information content (AvgIpc) is 1.86. The third-order valence-corrected chi connectivity index (χ3v) is 1.10. The Balaban J connectivity index is 3.06. The molecule has 1 heterocycles. The van der Waals surface area contributed by atoms with Gasteiger partial charge in [0.05, 0.1) is 17.5 Å². The summed E-state index contributed by atoms with van der Waals surface area (Å²) < 4.78 is 35.7. The van der Waals surface area contributed by atoms with Crippen molar-refractivity contribution in [2.75, 3.05) is 0 Å². The van der Waals surface area contributed by atoms with Crippen molar-refractivity contribution in [2.45, 2.75) is 13.1 Å². The quantitative estimate of drug-likeness (QED) is 0.581. The highest BCUT2D eigenvalue weighted by Crippen LogP contribution is 2.28. The van der Waals surface area contributed by atoms with Gasteiger partial charge in [0.25, 0.3) is 0 Å². The minimum Gasteiger partial charge on any atom is -0.166 e. The van der Waals surface area contributed by atoms with Crippen LogP contribution < -0.4 is 0 Å². The van der Waals surface area contributed by atoms with E-state index in [9.17, 15) is 13.2 Å². The Hall–Kier alpha value is -1.13. The van der Waals surface area contributed by atoms with Crippen LogP contribution in [0.1, 0.15) is 11.3 Å². The topological polar surface area (TPSA) is 25.8 Å². The van der Waals surface area contributed by atoms with Gasteiger partial charge < -0.3 is 0 Å². The molecule has 0 spiro atoms. The standard InChI is InChI=1S/C6H5F3N2/c1-4-2-5(3-10-11-4)6(7,8)9/h2-3H,1H3. The van der Waals surface area contributed by atoms with E-state index in [2.05, 4.69) is 10.2 Å². The highest BCUT2D eigenvalue weighted by atomic mass is 19.4. The third kappa shape index (κ3) is 1.89. The second-order valence-electron chi connectivity index (χ2n) is 2.08. The lowest BCUT2D eigenvalue weighted by Crippen LogP contribution is -2.06. The molecule has 0 aliphatic rings. The van der Waals surface area contributed by atoms with Crippen LogP contribution in [0.3, 0.4) is 0 Å². The summed E-state index contributed by atoms with van der Waals surface area (Å²) in [5, 5.41) is 6.58. The van der Waals surface area contributed by atoms with E-state index >= 15 is 0 Å². The highest BCUT2D eigenvalue weighted by molar-refractivity contribution is 5.14. The van der Waals surface area contributed by atoms with Crippen LogP contribution in [-0.4, -0.2) is 10.2 Å². The van der Waals surface area contributed by atoms with Crippen molar-refractivity contribution in [2.24, 2.45) is 0 Å². The Labute approximate surface area is 61.1 Å². The van der Waals surface area contributed by atoms with Gasteiger partial charge in [-0.3, -0.25) is 0 Å². The zero-order chi connectivity index (χ0) is 8.48. The van der Waals surface area contributed by atoms with Crippen molar-refractivity contribution in [3.05, 3.63) is 23.5 Å². The fraction of sp³-hybridized carbons (Fsp3) is 0.333. The lowest BCUT2D eigenvalue weighted by atomic mass is 10.3. The SMILES string of the molecule is Cc1cc(C(F)(F)F)cnn1. The van der Waals surface area contributed by atoms with Gasteiger partial charge >= 0.3 is 6.18 Å². The Morgan fingerprint density at radius 2 is 2.00 bits per heavy atom. The van der Waals surface area contributed by atoms with Crippen molar-refractivity contribution in [3.8, 4) is 0 Å². The molecule has 0 amide bonds. The lowest BCUT2D eigenvalue weighted by Gasteiger charge is -2.04. The molecule has 0 N–H and O–H groups in total. The lowest BCUT2D eigenvalue weighted by molar-refractivity contribution is -0.138. The van der Waals surface area contributed by atoms with Crippen LogP contribution in [0.2, 0.25) is 0 Å². The largest absolute Gasteiger partial charge is 0.418 e. The number of alkyl halides is 3. The fourth-order valence-electron chi connectivity index (χ4n) is 0.628. The molecule has 2 nitrogen and oxygen atoms in total. The van der Waals surface area contributed by atoms with E-state index < -0.39 is 11.7 Å². The first kappa shape index (κ1) is 7.97. The van der Waals surface area contributed by atoms with Gasteiger partial charge in [-0.15, -0.1) is 0 Å². The summed E-state index contributed by atoms with van der Waals surface area (Å²) in [5.74, 6) is 0. The molecule has 60 valence electrons. The van der Waals surface area contributed by atoms with Crippen LogP contribution in [0.5, 0.6) is 0 Å². The van der Waals surface area contributed by atoms with Gasteiger partial charge in [0.15, 0.2) is 0 Å². The van der Waals surface area contributed by atoms with E-state index in [1.54, 1.807) is 0 Å². The Bertz CT molecular complexity index is 256. The number of aryl methyl sites for hydroxylation is 1. The van der Waals surface area contributed by atoms with E-state index in [4.69, 9.17) is 0 Å². The Morgan fingerprint density at radius 1 is 1.36 bits per heavy atom. The summed E-state index contributed by atoms with van der Waals surface area (Å²) in [6, 6.07) is 0.951. The summed E-state index contributed by atoms with van der Waals surface area (Å²) >= 11 is 0. The summed E-state index contributed by atoms with van der Waals surface area (Å²) in [4.78, 5) is 0. The Morgan fingerprint density at radius 3 is 2.36 bits per heavy atom. The first-order valence-electron chi connectivity index (χ1n) is 2.86. The maximum Gasteiger partial charge on any atom is 0.418 e. The number of hydrogen-bond acceptors (Lipinski definition) is 2. The van der Waals surface area contributed by atoms with Crippen molar-refractivity contribution in [3.63, 3.8) is 0 Å². The van der Waals surface area contributed by atoms with Gasteiger partial charge in [-0.2, -0.15) is 23.4 Å². The maximum atomic E-state index is 11.9. The van der Waals surface area contributed by atoms with Gasteiger partial charge in [-0.05, 0) is 13.0 Å². The molecule has 0 saturated carbocycles. The van der Waals surface area contributed by atoms with Crippen LogP contribution in [0.25, 0.3) is 0 Å². The van der Waals surface area contributed by atoms with Crippen LogP contribution in [0.15, 0.2) is 12.3 Å². The van der Waals surface area contributed by atoms with E-state index in [-0.39, 0.29) is 5.69 Å². The first-order chi connectivity index (χ1) is 5.00. The third-order valence-electron chi connectivity index (χ3n) is 1.10. The van der Waals surface area contributed by atoms with Crippen molar-refractivity contribution < 1.29 is 13.2 Å². The molecule has 1 aromatic rings. The predicted octanol–water partition coefficient (Wildman–Crippen LogP) is 1.80. The van der Waals surface area contributed by atoms with Crippen LogP contribution in [-0.2, 0) is 6.18 Å². The number of rotatable bonds is 0. The van der Waals surface area contributed by atoms with Gasteiger partial charge in [-0.1, -0.05) is 0 Å². The number of hydrogen-bond donors (Lipinski definition) is 0. The molecule has 0 saturated heterocycles. The maximum absolute atomic E-state index is 11.9. The second kappa shape index (κ2) is 2.48. The van der Waals surface area contributed by atoms with E-state index in [0.29, 0.717) is 6.20 Å². The van der Waals surface area contributed by atoms with Crippen LogP contribution in [0, 0.1) is 6.92 Å². The van der Waals surface area contributed by atoms with Gasteiger partial charge in [0.1, 0.15) is 0 Å². The second-order valence-corrected chi connectivity index (χ2v) is 2.08. The molecule has 0 fully saturated rings. The first-order valence-corrected chi connectivity index (χ1v) is 2.86. The minimum atomic E-state index is -4.32. The van der Waals surface area contributed by atoms with Gasteiger partial charge in [-0.25, -0.2) is 0 Å². The summed E-state index contributed by atoms with van der Waals surface area (Å²) in [7, 11) is 0. The molecule has 1 rings (SSSR count). The molecular formula is C6H5F3N2. The molecular weight excluding hydrogens is 157 g/mol. The molecule has 0 radical (unpaired) electrons. The molecule has 11 heavy (non-hydrogen) atoms. The van der Waals surface area contributed by atoms with Crippen molar-refractivity contribution >= 4 is 0 Å². The molecule has 0 bridgehead atoms. The summed E-state index contributed by atoms with van der Waals surface area (Å²) in [5.41, 5.74) is -0.496. The van der Waals surface area contributed by atoms with Crippen LogP contribution in [0.4, 0.5) is 13.2 Å². The molecule has 0 aliphatic heterocycles. The van der Waals surface area contributed by atoms with Gasteiger partial charge in [0.2, 0.25) is 0 Å². The molecule has 1 aromatic heterocycles. The molecule has 5 heteroatoms. The summed E-state index contributed by atoms with van der Waals surface area (Å²) in [6.45, 7) is 1.46. The molecule has 0 aromatic carbocycles. The minimum absolute atomic E-state index is 0.264. The predicted molar refractivity (Wildman–Crippen MR) is 31.8 cm³/mol.